The van der Waals surface area contributed by atoms with E-state index in [1.165, 1.54) is 42.1 Å². The van der Waals surface area contributed by atoms with Crippen LogP contribution in [0.25, 0.3) is 0 Å². The molecule has 0 saturated heterocycles. The fourth-order valence-electron chi connectivity index (χ4n) is 2.22. The zero-order valence-corrected chi connectivity index (χ0v) is 11.9. The molecule has 0 radical (unpaired) electrons. The van der Waals surface area contributed by atoms with Crippen LogP contribution in [0.1, 0.15) is 35.9 Å². The first kappa shape index (κ1) is 13.1. The maximum atomic E-state index is 3.56. The largest absolute Gasteiger partial charge is 0.311 e. The molecule has 2 nitrogen and oxygen atoms in total. The number of thiophene rings is 1. The average molecular weight is 252 g/mol. The average Bonchev–Trinajstić information content (AvgIpc) is 3.07. The van der Waals surface area contributed by atoms with E-state index in [4.69, 9.17) is 0 Å². The highest BCUT2D eigenvalue weighted by Crippen LogP contribution is 2.26. The minimum atomic E-state index is 0.903. The fourth-order valence-corrected chi connectivity index (χ4v) is 3.08. The molecule has 1 fully saturated rings. The van der Waals surface area contributed by atoms with Crippen molar-refractivity contribution in [2.24, 2.45) is 0 Å². The SMILES string of the molecule is CCCN(CCNCc1ccc(C)s1)C1CC1. The van der Waals surface area contributed by atoms with Crippen molar-refractivity contribution in [2.45, 2.75) is 45.7 Å². The van der Waals surface area contributed by atoms with Crippen LogP contribution in [0.5, 0.6) is 0 Å². The van der Waals surface area contributed by atoms with Crippen LogP contribution in [-0.2, 0) is 6.54 Å². The third-order valence-electron chi connectivity index (χ3n) is 3.25. The maximum absolute atomic E-state index is 3.56. The van der Waals surface area contributed by atoms with Gasteiger partial charge in [0.05, 0.1) is 0 Å². The van der Waals surface area contributed by atoms with Crippen molar-refractivity contribution in [3.05, 3.63) is 21.9 Å². The molecule has 3 heteroatoms. The van der Waals surface area contributed by atoms with Gasteiger partial charge in [0.2, 0.25) is 0 Å². The molecular formula is C14H24N2S. The first-order chi connectivity index (χ1) is 8.29. The predicted octanol–water partition coefficient (Wildman–Crippen LogP) is 3.02. The van der Waals surface area contributed by atoms with Crippen LogP contribution in [0.15, 0.2) is 12.1 Å². The fraction of sp³-hybridized carbons (Fsp3) is 0.714. The van der Waals surface area contributed by atoms with Crippen molar-refractivity contribution in [3.63, 3.8) is 0 Å². The van der Waals surface area contributed by atoms with Gasteiger partial charge in [0, 0.05) is 35.4 Å². The second-order valence-electron chi connectivity index (χ2n) is 4.96. The van der Waals surface area contributed by atoms with Gasteiger partial charge in [0.1, 0.15) is 0 Å². The summed E-state index contributed by atoms with van der Waals surface area (Å²) >= 11 is 1.90. The second-order valence-corrected chi connectivity index (χ2v) is 6.33. The molecule has 1 aromatic rings. The highest BCUT2D eigenvalue weighted by Gasteiger charge is 2.27. The van der Waals surface area contributed by atoms with E-state index in [0.717, 1.165) is 19.1 Å². The van der Waals surface area contributed by atoms with Gasteiger partial charge in [0.15, 0.2) is 0 Å². The minimum absolute atomic E-state index is 0.903. The molecule has 0 aliphatic heterocycles. The molecular weight excluding hydrogens is 228 g/mol. The Balaban J connectivity index is 1.61. The summed E-state index contributed by atoms with van der Waals surface area (Å²) in [5, 5.41) is 3.56. The van der Waals surface area contributed by atoms with Gasteiger partial charge in [-0.05, 0) is 44.9 Å². The third kappa shape index (κ3) is 4.41. The second kappa shape index (κ2) is 6.53. The molecule has 1 aliphatic carbocycles. The van der Waals surface area contributed by atoms with Gasteiger partial charge in [0.25, 0.3) is 0 Å². The lowest BCUT2D eigenvalue weighted by atomic mass is 10.3. The maximum Gasteiger partial charge on any atom is 0.0300 e. The molecule has 0 atom stereocenters. The van der Waals surface area contributed by atoms with E-state index in [-0.39, 0.29) is 0 Å². The Hall–Kier alpha value is -0.380. The van der Waals surface area contributed by atoms with Crippen LogP contribution in [0, 0.1) is 6.92 Å². The predicted molar refractivity (Wildman–Crippen MR) is 75.6 cm³/mol. The molecule has 1 saturated carbocycles. The van der Waals surface area contributed by atoms with Gasteiger partial charge in [-0.1, -0.05) is 6.92 Å². The van der Waals surface area contributed by atoms with Crippen LogP contribution in [0.4, 0.5) is 0 Å². The Labute approximate surface area is 109 Å². The number of nitrogens with one attached hydrogen (secondary N) is 1. The Morgan fingerprint density at radius 2 is 2.18 bits per heavy atom. The zero-order valence-electron chi connectivity index (χ0n) is 11.0. The van der Waals surface area contributed by atoms with Gasteiger partial charge in [-0.3, -0.25) is 4.90 Å². The topological polar surface area (TPSA) is 15.3 Å². The van der Waals surface area contributed by atoms with Gasteiger partial charge >= 0.3 is 0 Å². The third-order valence-corrected chi connectivity index (χ3v) is 4.25. The first-order valence-electron chi connectivity index (χ1n) is 6.79. The highest BCUT2D eigenvalue weighted by atomic mass is 32.1. The standard InChI is InChI=1S/C14H24N2S/c1-3-9-16(13-5-6-13)10-8-15-11-14-7-4-12(2)17-14/h4,7,13,15H,3,5-6,8-11H2,1-2H3. The van der Waals surface area contributed by atoms with E-state index in [0.29, 0.717) is 0 Å². The molecule has 1 aromatic heterocycles. The summed E-state index contributed by atoms with van der Waals surface area (Å²) in [6, 6.07) is 5.34. The quantitative estimate of drug-likeness (QED) is 0.716. The normalized spacial score (nSPS) is 15.7. The molecule has 1 N–H and O–H groups in total. The summed E-state index contributed by atoms with van der Waals surface area (Å²) in [4.78, 5) is 5.51. The minimum Gasteiger partial charge on any atom is -0.311 e. The monoisotopic (exact) mass is 252 g/mol. The van der Waals surface area contributed by atoms with Crippen molar-refractivity contribution in [3.8, 4) is 0 Å². The van der Waals surface area contributed by atoms with Crippen molar-refractivity contribution in [1.29, 1.82) is 0 Å². The van der Waals surface area contributed by atoms with E-state index in [9.17, 15) is 0 Å². The summed E-state index contributed by atoms with van der Waals surface area (Å²) in [5.41, 5.74) is 0. The molecule has 96 valence electrons. The van der Waals surface area contributed by atoms with Crippen molar-refractivity contribution >= 4 is 11.3 Å². The van der Waals surface area contributed by atoms with E-state index in [2.05, 4.69) is 36.2 Å². The number of rotatable bonds is 8. The molecule has 17 heavy (non-hydrogen) atoms. The lowest BCUT2D eigenvalue weighted by Gasteiger charge is -2.21. The Bertz CT molecular complexity index is 331. The summed E-state index contributed by atoms with van der Waals surface area (Å²) < 4.78 is 0. The van der Waals surface area contributed by atoms with Gasteiger partial charge < -0.3 is 5.32 Å². The summed E-state index contributed by atoms with van der Waals surface area (Å²) in [7, 11) is 0. The van der Waals surface area contributed by atoms with E-state index in [1.54, 1.807) is 0 Å². The lowest BCUT2D eigenvalue weighted by molar-refractivity contribution is 0.263. The van der Waals surface area contributed by atoms with E-state index >= 15 is 0 Å². The first-order valence-corrected chi connectivity index (χ1v) is 7.61. The molecule has 0 unspecified atom stereocenters. The van der Waals surface area contributed by atoms with E-state index < -0.39 is 0 Å². The van der Waals surface area contributed by atoms with Crippen molar-refractivity contribution in [2.75, 3.05) is 19.6 Å². The Morgan fingerprint density at radius 1 is 1.35 bits per heavy atom. The van der Waals surface area contributed by atoms with Gasteiger partial charge in [-0.25, -0.2) is 0 Å². The Kier molecular flexibility index (Phi) is 5.01. The molecule has 0 aromatic carbocycles. The molecule has 0 bridgehead atoms. The van der Waals surface area contributed by atoms with Crippen molar-refractivity contribution in [1.82, 2.24) is 10.2 Å². The number of hydrogen-bond donors (Lipinski definition) is 1. The zero-order chi connectivity index (χ0) is 12.1. The molecule has 2 rings (SSSR count). The van der Waals surface area contributed by atoms with E-state index in [1.807, 2.05) is 11.3 Å². The highest BCUT2D eigenvalue weighted by molar-refractivity contribution is 7.11. The molecule has 1 aliphatic rings. The van der Waals surface area contributed by atoms with Crippen molar-refractivity contribution < 1.29 is 0 Å². The molecule has 1 heterocycles. The van der Waals surface area contributed by atoms with Crippen LogP contribution in [0.3, 0.4) is 0 Å². The molecule has 0 amide bonds. The number of hydrogen-bond acceptors (Lipinski definition) is 3. The summed E-state index contributed by atoms with van der Waals surface area (Å²) in [5.74, 6) is 0. The molecule has 0 spiro atoms. The number of nitrogens with zero attached hydrogens (tertiary/aromatic N) is 1. The summed E-state index contributed by atoms with van der Waals surface area (Å²) in [6.07, 6.45) is 4.12. The van der Waals surface area contributed by atoms with Gasteiger partial charge in [-0.2, -0.15) is 0 Å². The smallest absolute Gasteiger partial charge is 0.0300 e. The van der Waals surface area contributed by atoms with Crippen LogP contribution >= 0.6 is 11.3 Å². The van der Waals surface area contributed by atoms with Crippen LogP contribution < -0.4 is 5.32 Å². The lowest BCUT2D eigenvalue weighted by Crippen LogP contribution is -2.34. The Morgan fingerprint density at radius 3 is 2.76 bits per heavy atom. The van der Waals surface area contributed by atoms with Gasteiger partial charge in [-0.15, -0.1) is 11.3 Å². The van der Waals surface area contributed by atoms with Crippen LogP contribution in [-0.4, -0.2) is 30.6 Å². The summed E-state index contributed by atoms with van der Waals surface area (Å²) in [6.45, 7) is 9.07. The number of aryl methyl sites for hydroxylation is 1. The van der Waals surface area contributed by atoms with Crippen LogP contribution in [0.2, 0.25) is 0 Å².